The predicted octanol–water partition coefficient (Wildman–Crippen LogP) is 5.18. The van der Waals surface area contributed by atoms with Gasteiger partial charge in [0.1, 0.15) is 0 Å². The van der Waals surface area contributed by atoms with Gasteiger partial charge in [-0.3, -0.25) is 4.40 Å². The van der Waals surface area contributed by atoms with Crippen LogP contribution in [0.4, 0.5) is 11.6 Å². The van der Waals surface area contributed by atoms with Crippen molar-refractivity contribution in [2.45, 2.75) is 38.6 Å². The fraction of sp³-hybridized carbons (Fsp3) is 0.346. The van der Waals surface area contributed by atoms with Gasteiger partial charge in [0.2, 0.25) is 5.95 Å². The van der Waals surface area contributed by atoms with E-state index < -0.39 is 0 Å². The van der Waals surface area contributed by atoms with Crippen molar-refractivity contribution in [3.63, 3.8) is 0 Å². The number of hydrogen-bond acceptors (Lipinski definition) is 6. The summed E-state index contributed by atoms with van der Waals surface area (Å²) in [7, 11) is 1.71. The zero-order valence-corrected chi connectivity index (χ0v) is 19.2. The molecule has 1 aliphatic carbocycles. The van der Waals surface area contributed by atoms with Gasteiger partial charge in [0.15, 0.2) is 5.65 Å². The molecule has 2 N–H and O–H groups in total. The van der Waals surface area contributed by atoms with Gasteiger partial charge in [0.05, 0.1) is 29.4 Å². The molecule has 33 heavy (non-hydrogen) atoms. The molecule has 7 heteroatoms. The number of fused-ring (bicyclic) bond motifs is 1. The van der Waals surface area contributed by atoms with Crippen LogP contribution in [0.2, 0.25) is 0 Å². The Labute approximate surface area is 194 Å². The van der Waals surface area contributed by atoms with E-state index in [2.05, 4.69) is 51.2 Å². The van der Waals surface area contributed by atoms with Crippen molar-refractivity contribution in [1.82, 2.24) is 19.4 Å². The van der Waals surface area contributed by atoms with Gasteiger partial charge >= 0.3 is 0 Å². The Morgan fingerprint density at radius 3 is 2.67 bits per heavy atom. The number of imidazole rings is 1. The minimum Gasteiger partial charge on any atom is -0.383 e. The minimum absolute atomic E-state index is 0.454. The Bertz CT molecular complexity index is 1230. The van der Waals surface area contributed by atoms with Crippen molar-refractivity contribution in [3.8, 4) is 22.6 Å². The number of methoxy groups -OCH3 is 1. The molecule has 0 saturated heterocycles. The van der Waals surface area contributed by atoms with Gasteiger partial charge < -0.3 is 15.4 Å². The van der Waals surface area contributed by atoms with Gasteiger partial charge in [0.25, 0.3) is 0 Å². The van der Waals surface area contributed by atoms with E-state index in [0.29, 0.717) is 25.1 Å². The summed E-state index contributed by atoms with van der Waals surface area (Å²) < 4.78 is 7.33. The first-order valence-electron chi connectivity index (χ1n) is 11.6. The minimum atomic E-state index is 0.454. The maximum atomic E-state index is 5.21. The lowest BCUT2D eigenvalue weighted by atomic mass is 10.1. The van der Waals surface area contributed by atoms with E-state index in [1.807, 2.05) is 30.6 Å². The zero-order valence-electron chi connectivity index (χ0n) is 19.2. The Morgan fingerprint density at radius 2 is 1.88 bits per heavy atom. The maximum absolute atomic E-state index is 5.21. The summed E-state index contributed by atoms with van der Waals surface area (Å²) in [5, 5.41) is 6.97. The number of pyridine rings is 1. The van der Waals surface area contributed by atoms with Crippen molar-refractivity contribution in [3.05, 3.63) is 60.4 Å². The number of benzene rings is 1. The first-order chi connectivity index (χ1) is 16.2. The lowest BCUT2D eigenvalue weighted by Gasteiger charge is -2.13. The number of nitrogens with one attached hydrogen (secondary N) is 2. The lowest BCUT2D eigenvalue weighted by Crippen LogP contribution is -2.16. The molecule has 0 atom stereocenters. The van der Waals surface area contributed by atoms with Crippen molar-refractivity contribution < 1.29 is 4.74 Å². The number of aromatic nitrogens is 4. The number of ether oxygens (including phenoxy) is 1. The fourth-order valence-electron chi connectivity index (χ4n) is 4.46. The highest BCUT2D eigenvalue weighted by molar-refractivity contribution is 5.84. The SMILES string of the molecule is COCCNc1cccn2c(-c3ccnc(NC4CCCC4)n3)c(-c3ccc(C)cc3)nc12. The van der Waals surface area contributed by atoms with Crippen LogP contribution >= 0.6 is 0 Å². The Balaban J connectivity index is 1.62. The average molecular weight is 443 g/mol. The summed E-state index contributed by atoms with van der Waals surface area (Å²) >= 11 is 0. The second-order valence-electron chi connectivity index (χ2n) is 8.60. The molecule has 170 valence electrons. The number of rotatable bonds is 8. The van der Waals surface area contributed by atoms with Crippen LogP contribution in [0.15, 0.2) is 54.9 Å². The third kappa shape index (κ3) is 4.54. The smallest absolute Gasteiger partial charge is 0.223 e. The maximum Gasteiger partial charge on any atom is 0.223 e. The Hall–Kier alpha value is -3.45. The molecule has 0 unspecified atom stereocenters. The van der Waals surface area contributed by atoms with Gasteiger partial charge in [-0.25, -0.2) is 15.0 Å². The van der Waals surface area contributed by atoms with E-state index in [1.165, 1.54) is 31.2 Å². The first-order valence-corrected chi connectivity index (χ1v) is 11.6. The van der Waals surface area contributed by atoms with E-state index in [1.54, 1.807) is 7.11 Å². The molecule has 1 fully saturated rings. The van der Waals surface area contributed by atoms with Gasteiger partial charge in [-0.2, -0.15) is 0 Å². The van der Waals surface area contributed by atoms with Crippen LogP contribution < -0.4 is 10.6 Å². The van der Waals surface area contributed by atoms with E-state index in [0.717, 1.165) is 34.0 Å². The highest BCUT2D eigenvalue weighted by Gasteiger charge is 2.21. The highest BCUT2D eigenvalue weighted by atomic mass is 16.5. The first kappa shape index (κ1) is 21.4. The summed E-state index contributed by atoms with van der Waals surface area (Å²) in [6.45, 7) is 3.43. The van der Waals surface area contributed by atoms with E-state index >= 15 is 0 Å². The van der Waals surface area contributed by atoms with Crippen LogP contribution in [0, 0.1) is 6.92 Å². The number of anilines is 2. The Morgan fingerprint density at radius 1 is 1.06 bits per heavy atom. The molecule has 5 rings (SSSR count). The second-order valence-corrected chi connectivity index (χ2v) is 8.60. The summed E-state index contributed by atoms with van der Waals surface area (Å²) in [5.74, 6) is 0.679. The molecule has 1 aliphatic rings. The zero-order chi connectivity index (χ0) is 22.6. The standard InChI is InChI=1S/C26H30N6O/c1-18-9-11-19(12-10-18)23-24(21-13-14-28-26(30-21)29-20-6-3-4-7-20)32-16-5-8-22(25(32)31-23)27-15-17-33-2/h5,8-14,16,20,27H,3-4,6-7,15,17H2,1-2H3,(H,28,29,30). The van der Waals surface area contributed by atoms with E-state index in [4.69, 9.17) is 14.7 Å². The molecule has 0 radical (unpaired) electrons. The third-order valence-corrected chi connectivity index (χ3v) is 6.18. The van der Waals surface area contributed by atoms with Crippen LogP contribution in [0.25, 0.3) is 28.3 Å². The van der Waals surface area contributed by atoms with Crippen molar-refractivity contribution >= 4 is 17.3 Å². The second kappa shape index (κ2) is 9.58. The molecule has 0 bridgehead atoms. The van der Waals surface area contributed by atoms with Crippen molar-refractivity contribution in [2.24, 2.45) is 0 Å². The molecule has 0 spiro atoms. The number of aryl methyl sites for hydroxylation is 1. The molecule has 4 aromatic rings. The fourth-order valence-corrected chi connectivity index (χ4v) is 4.46. The summed E-state index contributed by atoms with van der Waals surface area (Å²) in [6, 6.07) is 15.0. The van der Waals surface area contributed by atoms with Crippen LogP contribution in [-0.2, 0) is 4.74 Å². The van der Waals surface area contributed by atoms with Gasteiger partial charge in [-0.1, -0.05) is 42.7 Å². The summed E-state index contributed by atoms with van der Waals surface area (Å²) in [4.78, 5) is 14.5. The monoisotopic (exact) mass is 442 g/mol. The van der Waals surface area contributed by atoms with Gasteiger partial charge in [-0.15, -0.1) is 0 Å². The molecule has 3 heterocycles. The normalized spacial score (nSPS) is 14.1. The van der Waals surface area contributed by atoms with Crippen LogP contribution in [0.1, 0.15) is 31.2 Å². The van der Waals surface area contributed by atoms with Gasteiger partial charge in [-0.05, 0) is 38.0 Å². The topological polar surface area (TPSA) is 76.4 Å². The number of hydrogen-bond donors (Lipinski definition) is 2. The summed E-state index contributed by atoms with van der Waals surface area (Å²) in [5.41, 5.74) is 6.82. The van der Waals surface area contributed by atoms with E-state index in [-0.39, 0.29) is 0 Å². The molecule has 7 nitrogen and oxygen atoms in total. The van der Waals surface area contributed by atoms with Crippen LogP contribution in [0.5, 0.6) is 0 Å². The molecule has 1 saturated carbocycles. The quantitative estimate of drug-likeness (QED) is 0.366. The molecule has 3 aromatic heterocycles. The third-order valence-electron chi connectivity index (χ3n) is 6.18. The molecule has 1 aromatic carbocycles. The van der Waals surface area contributed by atoms with Crippen LogP contribution in [0.3, 0.4) is 0 Å². The highest BCUT2D eigenvalue weighted by Crippen LogP contribution is 2.34. The number of nitrogens with zero attached hydrogens (tertiary/aromatic N) is 4. The largest absolute Gasteiger partial charge is 0.383 e. The van der Waals surface area contributed by atoms with E-state index in [9.17, 15) is 0 Å². The molecular formula is C26H30N6O. The van der Waals surface area contributed by atoms with Crippen molar-refractivity contribution in [1.29, 1.82) is 0 Å². The van der Waals surface area contributed by atoms with Gasteiger partial charge in [0, 0.05) is 37.7 Å². The summed E-state index contributed by atoms with van der Waals surface area (Å²) in [6.07, 6.45) is 8.76. The Kier molecular flexibility index (Phi) is 6.21. The molecule has 0 aliphatic heterocycles. The molecular weight excluding hydrogens is 412 g/mol. The van der Waals surface area contributed by atoms with Crippen molar-refractivity contribution in [2.75, 3.05) is 30.9 Å². The predicted molar refractivity (Wildman–Crippen MR) is 133 cm³/mol. The average Bonchev–Trinajstić information content (AvgIpc) is 3.48. The lowest BCUT2D eigenvalue weighted by molar-refractivity contribution is 0.211. The van der Waals surface area contributed by atoms with Crippen LogP contribution in [-0.4, -0.2) is 45.7 Å². The molecule has 0 amide bonds.